The van der Waals surface area contributed by atoms with E-state index in [1.807, 2.05) is 24.3 Å². The predicted octanol–water partition coefficient (Wildman–Crippen LogP) is 8.69. The summed E-state index contributed by atoms with van der Waals surface area (Å²) < 4.78 is 6.03. The SMILES string of the molecule is CC(C)COc1ccccc1CCc1ccc(-c2ccc(CC(C)(C)Cc3ccccc3O)cc2)cc1. The minimum absolute atomic E-state index is 0.0560. The van der Waals surface area contributed by atoms with E-state index in [4.69, 9.17) is 4.74 Å². The van der Waals surface area contributed by atoms with Gasteiger partial charge in [0.2, 0.25) is 0 Å². The predicted molar refractivity (Wildman–Crippen MR) is 155 cm³/mol. The number of para-hydroxylation sites is 2. The molecule has 4 rings (SSSR count). The zero-order chi connectivity index (χ0) is 26.3. The fourth-order valence-corrected chi connectivity index (χ4v) is 4.86. The van der Waals surface area contributed by atoms with E-state index in [0.717, 1.165) is 43.6 Å². The third kappa shape index (κ3) is 7.73. The monoisotopic (exact) mass is 492 g/mol. The lowest BCUT2D eigenvalue weighted by molar-refractivity contribution is 0.268. The largest absolute Gasteiger partial charge is 0.508 e. The highest BCUT2D eigenvalue weighted by atomic mass is 16.5. The van der Waals surface area contributed by atoms with Crippen molar-refractivity contribution in [1.82, 2.24) is 0 Å². The number of ether oxygens (including phenoxy) is 1. The molecule has 0 unspecified atom stereocenters. The first-order valence-electron chi connectivity index (χ1n) is 13.4. The third-order valence-corrected chi connectivity index (χ3v) is 6.81. The van der Waals surface area contributed by atoms with E-state index in [9.17, 15) is 5.11 Å². The number of phenolic OH excluding ortho intramolecular Hbond substituents is 1. The fraction of sp³-hybridized carbons (Fsp3) is 0.314. The lowest BCUT2D eigenvalue weighted by Gasteiger charge is -2.25. The molecule has 4 aromatic rings. The molecule has 0 aliphatic rings. The van der Waals surface area contributed by atoms with E-state index in [-0.39, 0.29) is 5.41 Å². The molecule has 1 N–H and O–H groups in total. The molecular weight excluding hydrogens is 452 g/mol. The summed E-state index contributed by atoms with van der Waals surface area (Å²) in [5.74, 6) is 1.92. The molecular formula is C35H40O2. The summed E-state index contributed by atoms with van der Waals surface area (Å²) in [7, 11) is 0. The van der Waals surface area contributed by atoms with Gasteiger partial charge in [-0.2, -0.15) is 0 Å². The van der Waals surface area contributed by atoms with Crippen molar-refractivity contribution in [2.24, 2.45) is 11.3 Å². The Hall–Kier alpha value is -3.52. The Balaban J connectivity index is 1.35. The molecule has 2 nitrogen and oxygen atoms in total. The van der Waals surface area contributed by atoms with Gasteiger partial charge >= 0.3 is 0 Å². The van der Waals surface area contributed by atoms with Gasteiger partial charge in [0.15, 0.2) is 0 Å². The minimum atomic E-state index is 0.0560. The minimum Gasteiger partial charge on any atom is -0.508 e. The van der Waals surface area contributed by atoms with Crippen LogP contribution in [0.3, 0.4) is 0 Å². The van der Waals surface area contributed by atoms with Gasteiger partial charge in [-0.3, -0.25) is 0 Å². The summed E-state index contributed by atoms with van der Waals surface area (Å²) in [6.45, 7) is 9.63. The number of rotatable bonds is 11. The van der Waals surface area contributed by atoms with Crippen LogP contribution in [-0.2, 0) is 25.7 Å². The number of aryl methyl sites for hydroxylation is 2. The van der Waals surface area contributed by atoms with E-state index in [2.05, 4.69) is 94.4 Å². The summed E-state index contributed by atoms with van der Waals surface area (Å²) in [6.07, 6.45) is 3.77. The third-order valence-electron chi connectivity index (χ3n) is 6.81. The number of hydrogen-bond donors (Lipinski definition) is 1. The zero-order valence-corrected chi connectivity index (χ0v) is 22.7. The van der Waals surface area contributed by atoms with Crippen LogP contribution in [0.2, 0.25) is 0 Å². The van der Waals surface area contributed by atoms with Crippen molar-refractivity contribution in [2.45, 2.75) is 53.4 Å². The molecule has 4 aromatic carbocycles. The zero-order valence-electron chi connectivity index (χ0n) is 22.7. The van der Waals surface area contributed by atoms with Gasteiger partial charge in [0.05, 0.1) is 6.61 Å². The van der Waals surface area contributed by atoms with Crippen molar-refractivity contribution in [2.75, 3.05) is 6.61 Å². The lowest BCUT2D eigenvalue weighted by atomic mass is 9.80. The molecule has 0 aliphatic carbocycles. The van der Waals surface area contributed by atoms with Gasteiger partial charge in [-0.1, -0.05) is 113 Å². The standard InChI is InChI=1S/C35H40O2/c1-26(2)25-37-34-12-8-6-9-31(34)22-15-27-13-18-29(19-14-27)30-20-16-28(17-21-30)23-35(3,4)24-32-10-5-7-11-33(32)36/h5-14,16-21,26,36H,15,22-25H2,1-4H3. The molecule has 0 radical (unpaired) electrons. The Morgan fingerprint density at radius 2 is 1.22 bits per heavy atom. The van der Waals surface area contributed by atoms with Crippen LogP contribution in [0.25, 0.3) is 11.1 Å². The van der Waals surface area contributed by atoms with Gasteiger partial charge in [-0.25, -0.2) is 0 Å². The van der Waals surface area contributed by atoms with Crippen LogP contribution in [0.15, 0.2) is 97.1 Å². The van der Waals surface area contributed by atoms with Crippen LogP contribution in [0.1, 0.15) is 49.9 Å². The van der Waals surface area contributed by atoms with Gasteiger partial charge in [0.1, 0.15) is 11.5 Å². The summed E-state index contributed by atoms with van der Waals surface area (Å²) in [4.78, 5) is 0. The topological polar surface area (TPSA) is 29.5 Å². The highest BCUT2D eigenvalue weighted by molar-refractivity contribution is 5.64. The quantitative estimate of drug-likeness (QED) is 0.227. The number of benzene rings is 4. The van der Waals surface area contributed by atoms with Gasteiger partial charge in [-0.05, 0) is 82.5 Å². The first kappa shape index (κ1) is 26.5. The molecule has 0 fully saturated rings. The van der Waals surface area contributed by atoms with Crippen LogP contribution >= 0.6 is 0 Å². The van der Waals surface area contributed by atoms with Crippen LogP contribution in [0.5, 0.6) is 11.5 Å². The van der Waals surface area contributed by atoms with E-state index in [1.165, 1.54) is 27.8 Å². The summed E-state index contributed by atoms with van der Waals surface area (Å²) in [5, 5.41) is 10.2. The maximum atomic E-state index is 10.2. The molecule has 0 bridgehead atoms. The molecule has 0 atom stereocenters. The average Bonchev–Trinajstić information content (AvgIpc) is 2.88. The first-order valence-corrected chi connectivity index (χ1v) is 13.4. The molecule has 37 heavy (non-hydrogen) atoms. The van der Waals surface area contributed by atoms with Gasteiger partial charge < -0.3 is 9.84 Å². The van der Waals surface area contributed by atoms with Gasteiger partial charge in [0.25, 0.3) is 0 Å². The summed E-state index contributed by atoms with van der Waals surface area (Å²) in [5.41, 5.74) is 7.47. The molecule has 0 saturated carbocycles. The van der Waals surface area contributed by atoms with Crippen molar-refractivity contribution >= 4 is 0 Å². The van der Waals surface area contributed by atoms with E-state index < -0.39 is 0 Å². The number of phenols is 1. The number of hydrogen-bond acceptors (Lipinski definition) is 2. The van der Waals surface area contributed by atoms with E-state index in [0.29, 0.717) is 11.7 Å². The second-order valence-electron chi connectivity index (χ2n) is 11.4. The number of aromatic hydroxyl groups is 1. The van der Waals surface area contributed by atoms with Crippen molar-refractivity contribution < 1.29 is 9.84 Å². The Bertz CT molecular complexity index is 1270. The Labute approximate surface area is 223 Å². The summed E-state index contributed by atoms with van der Waals surface area (Å²) >= 11 is 0. The van der Waals surface area contributed by atoms with E-state index >= 15 is 0 Å². The van der Waals surface area contributed by atoms with Gasteiger partial charge in [-0.15, -0.1) is 0 Å². The highest BCUT2D eigenvalue weighted by Gasteiger charge is 2.20. The molecule has 0 spiro atoms. The van der Waals surface area contributed by atoms with Crippen molar-refractivity contribution in [3.8, 4) is 22.6 Å². The molecule has 2 heteroatoms. The average molecular weight is 493 g/mol. The molecule has 192 valence electrons. The van der Waals surface area contributed by atoms with Crippen molar-refractivity contribution in [3.63, 3.8) is 0 Å². The second kappa shape index (κ2) is 12.1. The summed E-state index contributed by atoms with van der Waals surface area (Å²) in [6, 6.07) is 33.9. The molecule has 0 aliphatic heterocycles. The van der Waals surface area contributed by atoms with Gasteiger partial charge in [0, 0.05) is 0 Å². The Morgan fingerprint density at radius 1 is 0.649 bits per heavy atom. The fourth-order valence-electron chi connectivity index (χ4n) is 4.86. The first-order chi connectivity index (χ1) is 17.8. The van der Waals surface area contributed by atoms with E-state index in [1.54, 1.807) is 6.07 Å². The Morgan fingerprint density at radius 3 is 1.84 bits per heavy atom. The molecule has 0 amide bonds. The van der Waals surface area contributed by atoms with Crippen molar-refractivity contribution in [3.05, 3.63) is 119 Å². The van der Waals surface area contributed by atoms with Crippen LogP contribution in [0, 0.1) is 11.3 Å². The second-order valence-corrected chi connectivity index (χ2v) is 11.4. The van der Waals surface area contributed by atoms with Crippen molar-refractivity contribution in [1.29, 1.82) is 0 Å². The van der Waals surface area contributed by atoms with Crippen LogP contribution in [-0.4, -0.2) is 11.7 Å². The Kier molecular flexibility index (Phi) is 8.71. The smallest absolute Gasteiger partial charge is 0.122 e. The lowest BCUT2D eigenvalue weighted by Crippen LogP contribution is -2.18. The van der Waals surface area contributed by atoms with Crippen LogP contribution < -0.4 is 4.74 Å². The maximum absolute atomic E-state index is 10.2. The normalized spacial score (nSPS) is 11.6. The molecule has 0 heterocycles. The highest BCUT2D eigenvalue weighted by Crippen LogP contribution is 2.31. The molecule has 0 saturated heterocycles. The molecule has 0 aromatic heterocycles. The maximum Gasteiger partial charge on any atom is 0.122 e. The van der Waals surface area contributed by atoms with Crippen LogP contribution in [0.4, 0.5) is 0 Å².